The summed E-state index contributed by atoms with van der Waals surface area (Å²) < 4.78 is 9.46. The molecule has 9 heavy (non-hydrogen) atoms. The molecular formula is C6H9NO2. The fourth-order valence-electron chi connectivity index (χ4n) is 0.308. The number of rotatable bonds is 5. The van der Waals surface area contributed by atoms with E-state index >= 15 is 0 Å². The van der Waals surface area contributed by atoms with Crippen LogP contribution in [0.2, 0.25) is 0 Å². The Balaban J connectivity index is 2.76. The first-order valence-corrected chi connectivity index (χ1v) is 2.59. The molecule has 50 valence electrons. The van der Waals surface area contributed by atoms with Crippen LogP contribution in [0.1, 0.15) is 0 Å². The van der Waals surface area contributed by atoms with Gasteiger partial charge in [-0.05, 0) is 0 Å². The van der Waals surface area contributed by atoms with Crippen LogP contribution in [0.4, 0.5) is 0 Å². The second-order valence-corrected chi connectivity index (χ2v) is 1.25. The zero-order chi connectivity index (χ0) is 6.95. The van der Waals surface area contributed by atoms with Crippen molar-refractivity contribution in [3.8, 4) is 6.07 Å². The summed E-state index contributed by atoms with van der Waals surface area (Å²) in [6.07, 6.45) is 1.34. The van der Waals surface area contributed by atoms with Crippen molar-refractivity contribution in [2.75, 3.05) is 19.8 Å². The Morgan fingerprint density at radius 1 is 1.56 bits per heavy atom. The lowest BCUT2D eigenvalue weighted by molar-refractivity contribution is 0.105. The highest BCUT2D eigenvalue weighted by Gasteiger charge is 1.82. The monoisotopic (exact) mass is 127 g/mol. The fraction of sp³-hybridized carbons (Fsp3) is 0.500. The largest absolute Gasteiger partial charge is 0.499 e. The van der Waals surface area contributed by atoms with Crippen molar-refractivity contribution in [3.05, 3.63) is 12.8 Å². The summed E-state index contributed by atoms with van der Waals surface area (Å²) in [5.74, 6) is 0. The lowest BCUT2D eigenvalue weighted by Gasteiger charge is -1.97. The Kier molecular flexibility index (Phi) is 6.21. The van der Waals surface area contributed by atoms with E-state index in [9.17, 15) is 0 Å². The Labute approximate surface area is 54.5 Å². The highest BCUT2D eigenvalue weighted by molar-refractivity contribution is 4.66. The number of ether oxygens (including phenoxy) is 2. The first kappa shape index (κ1) is 7.99. The number of nitriles is 1. The van der Waals surface area contributed by atoms with Crippen molar-refractivity contribution < 1.29 is 9.47 Å². The molecule has 0 bridgehead atoms. The van der Waals surface area contributed by atoms with Crippen molar-refractivity contribution >= 4 is 0 Å². The van der Waals surface area contributed by atoms with Crippen LogP contribution in [0.25, 0.3) is 0 Å². The van der Waals surface area contributed by atoms with Crippen molar-refractivity contribution in [1.82, 2.24) is 0 Å². The molecule has 0 aliphatic heterocycles. The van der Waals surface area contributed by atoms with Gasteiger partial charge in [-0.15, -0.1) is 0 Å². The number of nitrogens with zero attached hydrogens (tertiary/aromatic N) is 1. The molecule has 0 rings (SSSR count). The standard InChI is InChI=1S/C6H9NO2/c1-2-8-5-6-9-4-3-7/h2H,1,4-6H2. The Bertz CT molecular complexity index is 106. The fourth-order valence-corrected chi connectivity index (χ4v) is 0.308. The van der Waals surface area contributed by atoms with E-state index in [4.69, 9.17) is 14.7 Å². The lowest BCUT2D eigenvalue weighted by atomic mass is 10.7. The first-order valence-electron chi connectivity index (χ1n) is 2.59. The van der Waals surface area contributed by atoms with Gasteiger partial charge in [-0.1, -0.05) is 6.58 Å². The van der Waals surface area contributed by atoms with Crippen molar-refractivity contribution in [2.45, 2.75) is 0 Å². The summed E-state index contributed by atoms with van der Waals surface area (Å²) in [6, 6.07) is 1.84. The van der Waals surface area contributed by atoms with Crippen LogP contribution in [0.5, 0.6) is 0 Å². The third-order valence-corrected chi connectivity index (χ3v) is 0.630. The Morgan fingerprint density at radius 2 is 2.33 bits per heavy atom. The number of hydrogen-bond donors (Lipinski definition) is 0. The molecule has 3 heteroatoms. The summed E-state index contributed by atoms with van der Waals surface area (Å²) in [5.41, 5.74) is 0. The van der Waals surface area contributed by atoms with Gasteiger partial charge in [0.05, 0.1) is 18.9 Å². The van der Waals surface area contributed by atoms with Crippen LogP contribution in [0.15, 0.2) is 12.8 Å². The molecule has 0 atom stereocenters. The minimum absolute atomic E-state index is 0.125. The van der Waals surface area contributed by atoms with Gasteiger partial charge in [0, 0.05) is 0 Å². The van der Waals surface area contributed by atoms with Crippen molar-refractivity contribution in [2.24, 2.45) is 0 Å². The van der Waals surface area contributed by atoms with Crippen LogP contribution in [-0.4, -0.2) is 19.8 Å². The van der Waals surface area contributed by atoms with Gasteiger partial charge in [-0.25, -0.2) is 0 Å². The molecule has 0 radical (unpaired) electrons. The zero-order valence-electron chi connectivity index (χ0n) is 5.17. The molecule has 0 fully saturated rings. The maximum atomic E-state index is 7.99. The van der Waals surface area contributed by atoms with Crippen LogP contribution < -0.4 is 0 Å². The van der Waals surface area contributed by atoms with E-state index in [-0.39, 0.29) is 6.61 Å². The molecule has 0 aromatic carbocycles. The molecule has 0 unspecified atom stereocenters. The molecule has 0 aromatic heterocycles. The molecule has 0 heterocycles. The smallest absolute Gasteiger partial charge is 0.133 e. The molecule has 0 N–H and O–H groups in total. The Hall–Kier alpha value is -1.01. The molecule has 0 amide bonds. The van der Waals surface area contributed by atoms with Crippen LogP contribution in [0.3, 0.4) is 0 Å². The van der Waals surface area contributed by atoms with Gasteiger partial charge >= 0.3 is 0 Å². The van der Waals surface area contributed by atoms with Gasteiger partial charge in [0.2, 0.25) is 0 Å². The molecule has 0 aliphatic rings. The zero-order valence-corrected chi connectivity index (χ0v) is 5.17. The van der Waals surface area contributed by atoms with Crippen LogP contribution in [0, 0.1) is 11.3 Å². The third kappa shape index (κ3) is 6.99. The van der Waals surface area contributed by atoms with Gasteiger partial charge in [0.1, 0.15) is 13.2 Å². The van der Waals surface area contributed by atoms with E-state index in [2.05, 4.69) is 6.58 Å². The topological polar surface area (TPSA) is 42.2 Å². The highest BCUT2D eigenvalue weighted by Crippen LogP contribution is 1.76. The van der Waals surface area contributed by atoms with Gasteiger partial charge in [-0.3, -0.25) is 0 Å². The second kappa shape index (κ2) is 6.99. The lowest BCUT2D eigenvalue weighted by Crippen LogP contribution is -2.00. The normalized spacial score (nSPS) is 7.89. The minimum Gasteiger partial charge on any atom is -0.499 e. The van der Waals surface area contributed by atoms with Crippen LogP contribution >= 0.6 is 0 Å². The summed E-state index contributed by atoms with van der Waals surface area (Å²) in [7, 11) is 0. The minimum atomic E-state index is 0.125. The summed E-state index contributed by atoms with van der Waals surface area (Å²) in [6.45, 7) is 4.37. The molecule has 0 aromatic rings. The van der Waals surface area contributed by atoms with E-state index in [1.807, 2.05) is 6.07 Å². The third-order valence-electron chi connectivity index (χ3n) is 0.630. The van der Waals surface area contributed by atoms with E-state index in [0.29, 0.717) is 13.2 Å². The van der Waals surface area contributed by atoms with Crippen LogP contribution in [-0.2, 0) is 9.47 Å². The molecule has 0 aliphatic carbocycles. The van der Waals surface area contributed by atoms with E-state index in [0.717, 1.165) is 0 Å². The number of hydrogen-bond acceptors (Lipinski definition) is 3. The van der Waals surface area contributed by atoms with E-state index < -0.39 is 0 Å². The van der Waals surface area contributed by atoms with Crippen molar-refractivity contribution in [3.63, 3.8) is 0 Å². The predicted octanol–water partition coefficient (Wildman–Crippen LogP) is 0.687. The summed E-state index contributed by atoms with van der Waals surface area (Å²) in [4.78, 5) is 0. The quantitative estimate of drug-likeness (QED) is 0.403. The van der Waals surface area contributed by atoms with Gasteiger partial charge < -0.3 is 9.47 Å². The molecular weight excluding hydrogens is 118 g/mol. The SMILES string of the molecule is C=COCCOCC#N. The highest BCUT2D eigenvalue weighted by atomic mass is 16.5. The second-order valence-electron chi connectivity index (χ2n) is 1.25. The summed E-state index contributed by atoms with van der Waals surface area (Å²) >= 11 is 0. The summed E-state index contributed by atoms with van der Waals surface area (Å²) in [5, 5.41) is 7.99. The van der Waals surface area contributed by atoms with Crippen molar-refractivity contribution in [1.29, 1.82) is 5.26 Å². The molecule has 0 spiro atoms. The van der Waals surface area contributed by atoms with E-state index in [1.54, 1.807) is 0 Å². The van der Waals surface area contributed by atoms with Gasteiger partial charge in [0.25, 0.3) is 0 Å². The predicted molar refractivity (Wildman–Crippen MR) is 32.6 cm³/mol. The van der Waals surface area contributed by atoms with Gasteiger partial charge in [0.15, 0.2) is 0 Å². The average molecular weight is 127 g/mol. The molecule has 0 saturated carbocycles. The first-order chi connectivity index (χ1) is 4.41. The molecule has 0 saturated heterocycles. The van der Waals surface area contributed by atoms with Gasteiger partial charge in [-0.2, -0.15) is 5.26 Å². The van der Waals surface area contributed by atoms with E-state index in [1.165, 1.54) is 6.26 Å². The Morgan fingerprint density at radius 3 is 2.89 bits per heavy atom. The molecule has 3 nitrogen and oxygen atoms in total. The average Bonchev–Trinajstić information content (AvgIpc) is 1.89. The maximum Gasteiger partial charge on any atom is 0.133 e. The maximum absolute atomic E-state index is 7.99.